The summed E-state index contributed by atoms with van der Waals surface area (Å²) in [6.45, 7) is 1.77. The number of alkyl halides is 3. The van der Waals surface area contributed by atoms with E-state index in [4.69, 9.17) is 0 Å². The monoisotopic (exact) mass is 360 g/mol. The number of halogens is 3. The van der Waals surface area contributed by atoms with Gasteiger partial charge in [-0.25, -0.2) is 4.98 Å². The Morgan fingerprint density at radius 2 is 1.96 bits per heavy atom. The highest BCUT2D eigenvalue weighted by atomic mass is 32.2. The summed E-state index contributed by atoms with van der Waals surface area (Å²) in [6.07, 6.45) is -4.73. The molecule has 0 aliphatic rings. The molecule has 0 unspecified atom stereocenters. The fourth-order valence-electron chi connectivity index (χ4n) is 1.59. The molecule has 2 aromatic heterocycles. The van der Waals surface area contributed by atoms with Gasteiger partial charge in [-0.15, -0.1) is 18.3 Å². The average molecular weight is 360 g/mol. The van der Waals surface area contributed by atoms with Crippen LogP contribution in [0.3, 0.4) is 0 Å². The fourth-order valence-corrected chi connectivity index (χ4v) is 3.14. The Hall–Kier alpha value is -2.21. The molecule has 12 heteroatoms. The van der Waals surface area contributed by atoms with Crippen molar-refractivity contribution in [3.63, 3.8) is 0 Å². The predicted octanol–water partition coefficient (Wildman–Crippen LogP) is 2.87. The molecule has 0 bridgehead atoms. The molecular formula is C11H7F3N6OS2. The summed E-state index contributed by atoms with van der Waals surface area (Å²) in [5.74, 6) is 0.327. The summed E-state index contributed by atoms with van der Waals surface area (Å²) >= 11 is 2.42. The van der Waals surface area contributed by atoms with Crippen LogP contribution < -0.4 is 4.74 Å². The van der Waals surface area contributed by atoms with Crippen molar-refractivity contribution in [2.75, 3.05) is 0 Å². The lowest BCUT2D eigenvalue weighted by Crippen LogP contribution is -2.17. The van der Waals surface area contributed by atoms with Gasteiger partial charge in [-0.2, -0.15) is 9.06 Å². The molecule has 120 valence electrons. The molecule has 0 amide bonds. The van der Waals surface area contributed by atoms with Crippen LogP contribution in [0.25, 0.3) is 5.69 Å². The van der Waals surface area contributed by atoms with Crippen molar-refractivity contribution in [1.82, 2.24) is 29.6 Å². The van der Waals surface area contributed by atoms with E-state index >= 15 is 0 Å². The number of aromatic nitrogens is 6. The highest BCUT2D eigenvalue weighted by Gasteiger charge is 2.31. The van der Waals surface area contributed by atoms with Crippen LogP contribution in [0.5, 0.6) is 5.75 Å². The molecule has 0 aliphatic heterocycles. The summed E-state index contributed by atoms with van der Waals surface area (Å²) in [5, 5.41) is 11.7. The molecule has 3 aromatic rings. The first-order valence-corrected chi connectivity index (χ1v) is 7.62. The molecule has 2 heterocycles. The van der Waals surface area contributed by atoms with Gasteiger partial charge in [0.15, 0.2) is 4.34 Å². The second-order valence-corrected chi connectivity index (χ2v) is 6.09. The van der Waals surface area contributed by atoms with Crippen LogP contribution in [-0.4, -0.2) is 35.9 Å². The Bertz CT molecular complexity index is 801. The van der Waals surface area contributed by atoms with Crippen LogP contribution >= 0.6 is 23.3 Å². The van der Waals surface area contributed by atoms with Crippen molar-refractivity contribution in [1.29, 1.82) is 0 Å². The average Bonchev–Trinajstić information content (AvgIpc) is 3.08. The van der Waals surface area contributed by atoms with Gasteiger partial charge < -0.3 is 4.74 Å². The fraction of sp³-hybridized carbons (Fsp3) is 0.182. The molecule has 0 saturated heterocycles. The molecule has 0 atom stereocenters. The lowest BCUT2D eigenvalue weighted by Gasteiger charge is -2.09. The lowest BCUT2D eigenvalue weighted by molar-refractivity contribution is -0.274. The molecule has 0 fully saturated rings. The number of hydrogen-bond acceptors (Lipinski definition) is 8. The molecular weight excluding hydrogens is 353 g/mol. The van der Waals surface area contributed by atoms with Gasteiger partial charge in [-0.05, 0) is 64.9 Å². The Morgan fingerprint density at radius 3 is 2.57 bits per heavy atom. The highest BCUT2D eigenvalue weighted by Crippen LogP contribution is 2.29. The van der Waals surface area contributed by atoms with Gasteiger partial charge in [0.1, 0.15) is 11.6 Å². The third-order valence-corrected chi connectivity index (χ3v) is 4.22. The van der Waals surface area contributed by atoms with E-state index in [2.05, 4.69) is 29.6 Å². The van der Waals surface area contributed by atoms with E-state index in [-0.39, 0.29) is 5.75 Å². The summed E-state index contributed by atoms with van der Waals surface area (Å²) in [6, 6.07) is 5.22. The molecule has 3 rings (SSSR count). The number of aryl methyl sites for hydroxylation is 1. The van der Waals surface area contributed by atoms with E-state index < -0.39 is 6.36 Å². The molecule has 0 radical (unpaired) electrons. The lowest BCUT2D eigenvalue weighted by atomic mass is 10.3. The summed E-state index contributed by atoms with van der Waals surface area (Å²) in [4.78, 5) is 4.19. The Balaban J connectivity index is 1.81. The number of hydrogen-bond donors (Lipinski definition) is 0. The maximum absolute atomic E-state index is 12.1. The van der Waals surface area contributed by atoms with Crippen LogP contribution in [0.1, 0.15) is 5.82 Å². The van der Waals surface area contributed by atoms with Gasteiger partial charge in [0.2, 0.25) is 5.16 Å². The molecule has 0 aliphatic carbocycles. The van der Waals surface area contributed by atoms with E-state index in [0.29, 0.717) is 21.0 Å². The maximum atomic E-state index is 12.1. The van der Waals surface area contributed by atoms with E-state index in [1.807, 2.05) is 0 Å². The Kier molecular flexibility index (Phi) is 4.17. The minimum absolute atomic E-state index is 0.316. The van der Waals surface area contributed by atoms with E-state index in [0.717, 1.165) is 0 Å². The summed E-state index contributed by atoms with van der Waals surface area (Å²) < 4.78 is 46.4. The van der Waals surface area contributed by atoms with E-state index in [1.54, 1.807) is 6.92 Å². The number of ether oxygens (including phenoxy) is 1. The SMILES string of the molecule is Cc1nsc(Sc2nnnn2-c2ccc(OC(F)(F)F)cc2)n1. The van der Waals surface area contributed by atoms with Crippen molar-refractivity contribution in [2.45, 2.75) is 22.8 Å². The molecule has 23 heavy (non-hydrogen) atoms. The van der Waals surface area contributed by atoms with Crippen molar-refractivity contribution in [3.05, 3.63) is 30.1 Å². The Morgan fingerprint density at radius 1 is 1.22 bits per heavy atom. The topological polar surface area (TPSA) is 78.6 Å². The first-order valence-electron chi connectivity index (χ1n) is 6.03. The molecule has 0 saturated carbocycles. The normalized spacial score (nSPS) is 11.7. The number of benzene rings is 1. The Labute approximate surface area is 135 Å². The van der Waals surface area contributed by atoms with E-state index in [9.17, 15) is 13.2 Å². The smallest absolute Gasteiger partial charge is 0.406 e. The van der Waals surface area contributed by atoms with Gasteiger partial charge in [-0.1, -0.05) is 0 Å². The second-order valence-electron chi connectivity index (χ2n) is 4.12. The van der Waals surface area contributed by atoms with E-state index in [1.165, 1.54) is 52.2 Å². The molecule has 0 N–H and O–H groups in total. The van der Waals surface area contributed by atoms with Gasteiger partial charge in [0, 0.05) is 0 Å². The molecule has 1 aromatic carbocycles. The van der Waals surface area contributed by atoms with Crippen LogP contribution in [0.2, 0.25) is 0 Å². The zero-order chi connectivity index (χ0) is 16.4. The third-order valence-electron chi connectivity index (χ3n) is 2.44. The van der Waals surface area contributed by atoms with Gasteiger partial charge in [0.05, 0.1) is 5.69 Å². The standard InChI is InChI=1S/C11H7F3N6OS2/c1-6-15-10(23-17-6)22-9-16-18-19-20(9)7-2-4-8(5-3-7)21-11(12,13)14/h2-5H,1H3. The van der Waals surface area contributed by atoms with Gasteiger partial charge in [0.25, 0.3) is 0 Å². The minimum Gasteiger partial charge on any atom is -0.406 e. The van der Waals surface area contributed by atoms with Crippen LogP contribution in [0, 0.1) is 6.92 Å². The summed E-state index contributed by atoms with van der Waals surface area (Å²) in [5.41, 5.74) is 0.494. The van der Waals surface area contributed by atoms with Crippen molar-refractivity contribution < 1.29 is 17.9 Å². The maximum Gasteiger partial charge on any atom is 0.573 e. The third kappa shape index (κ3) is 3.96. The minimum atomic E-state index is -4.73. The van der Waals surface area contributed by atoms with Crippen molar-refractivity contribution in [3.8, 4) is 11.4 Å². The zero-order valence-electron chi connectivity index (χ0n) is 11.4. The van der Waals surface area contributed by atoms with Crippen LogP contribution in [0.15, 0.2) is 33.8 Å². The zero-order valence-corrected chi connectivity index (χ0v) is 13.0. The first-order chi connectivity index (χ1) is 10.9. The highest BCUT2D eigenvalue weighted by molar-refractivity contribution is 8.00. The quantitative estimate of drug-likeness (QED) is 0.708. The van der Waals surface area contributed by atoms with Crippen LogP contribution in [0.4, 0.5) is 13.2 Å². The van der Waals surface area contributed by atoms with Gasteiger partial charge >= 0.3 is 6.36 Å². The summed E-state index contributed by atoms with van der Waals surface area (Å²) in [7, 11) is 0. The number of rotatable bonds is 4. The predicted molar refractivity (Wildman–Crippen MR) is 74.6 cm³/mol. The largest absolute Gasteiger partial charge is 0.573 e. The second kappa shape index (κ2) is 6.12. The van der Waals surface area contributed by atoms with Crippen molar-refractivity contribution in [2.24, 2.45) is 0 Å². The van der Waals surface area contributed by atoms with Crippen LogP contribution in [-0.2, 0) is 0 Å². The molecule has 0 spiro atoms. The van der Waals surface area contributed by atoms with Crippen molar-refractivity contribution >= 4 is 23.3 Å². The van der Waals surface area contributed by atoms with Gasteiger partial charge in [-0.3, -0.25) is 0 Å². The first kappa shape index (κ1) is 15.7. The molecule has 7 nitrogen and oxygen atoms in total. The number of nitrogens with zero attached hydrogens (tertiary/aromatic N) is 6. The number of tetrazole rings is 1.